The Morgan fingerprint density at radius 3 is 2.52 bits per heavy atom. The zero-order valence-electron chi connectivity index (χ0n) is 14.7. The number of halogens is 1. The van der Waals surface area contributed by atoms with Gasteiger partial charge in [-0.25, -0.2) is 14.4 Å². The Labute approximate surface area is 147 Å². The molecule has 1 aromatic carbocycles. The molecule has 1 aromatic heterocycles. The van der Waals surface area contributed by atoms with Gasteiger partial charge in [0.2, 0.25) is 0 Å². The molecular formula is C19H24FN3O2. The fourth-order valence-electron chi connectivity index (χ4n) is 3.14. The quantitative estimate of drug-likeness (QED) is 0.867. The van der Waals surface area contributed by atoms with Crippen LogP contribution >= 0.6 is 0 Å². The number of nitrogens with zero attached hydrogens (tertiary/aromatic N) is 2. The molecule has 1 saturated heterocycles. The molecule has 25 heavy (non-hydrogen) atoms. The van der Waals surface area contributed by atoms with Crippen LogP contribution in [0.4, 0.5) is 10.2 Å². The second-order valence-electron chi connectivity index (χ2n) is 6.63. The topological polar surface area (TPSA) is 56.3 Å². The Morgan fingerprint density at radius 2 is 1.84 bits per heavy atom. The highest BCUT2D eigenvalue weighted by molar-refractivity contribution is 5.46. The summed E-state index contributed by atoms with van der Waals surface area (Å²) in [5.74, 6) is 0.906. The largest absolute Gasteiger partial charge is 0.472 e. The Hall–Kier alpha value is -2.21. The van der Waals surface area contributed by atoms with Crippen LogP contribution in [-0.2, 0) is 10.2 Å². The number of aromatic nitrogens is 2. The van der Waals surface area contributed by atoms with Crippen LogP contribution in [0.3, 0.4) is 0 Å². The summed E-state index contributed by atoms with van der Waals surface area (Å²) in [6, 6.07) is 6.76. The molecular weight excluding hydrogens is 321 g/mol. The van der Waals surface area contributed by atoms with Crippen LogP contribution < -0.4 is 10.1 Å². The van der Waals surface area contributed by atoms with E-state index in [1.165, 1.54) is 12.1 Å². The molecule has 0 radical (unpaired) electrons. The van der Waals surface area contributed by atoms with Crippen molar-refractivity contribution in [2.75, 3.05) is 25.1 Å². The van der Waals surface area contributed by atoms with Gasteiger partial charge in [-0.3, -0.25) is 0 Å². The average Bonchev–Trinajstić information content (AvgIpc) is 2.62. The number of benzene rings is 1. The standard InChI is InChI=1S/C19H24FN3O2/c1-14(2)25-18-17(21-9-10-22-18)23-13-19(7-11-24-12-8-19)15-3-5-16(20)6-4-15/h3-6,9-10,14H,7-8,11-13H2,1-2H3,(H,21,23). The van der Waals surface area contributed by atoms with E-state index in [9.17, 15) is 4.39 Å². The maximum absolute atomic E-state index is 13.3. The number of anilines is 1. The van der Waals surface area contributed by atoms with Gasteiger partial charge in [-0.2, -0.15) is 0 Å². The van der Waals surface area contributed by atoms with Gasteiger partial charge >= 0.3 is 0 Å². The lowest BCUT2D eigenvalue weighted by Gasteiger charge is -2.38. The van der Waals surface area contributed by atoms with E-state index in [0.29, 0.717) is 31.5 Å². The molecule has 1 aliphatic rings. The first-order valence-corrected chi connectivity index (χ1v) is 8.64. The van der Waals surface area contributed by atoms with Crippen LogP contribution in [0.25, 0.3) is 0 Å². The smallest absolute Gasteiger partial charge is 0.257 e. The first-order chi connectivity index (χ1) is 12.1. The van der Waals surface area contributed by atoms with Crippen molar-refractivity contribution in [3.63, 3.8) is 0 Å². The molecule has 0 amide bonds. The second-order valence-corrected chi connectivity index (χ2v) is 6.63. The van der Waals surface area contributed by atoms with Crippen LogP contribution in [0.1, 0.15) is 32.3 Å². The minimum atomic E-state index is -0.222. The van der Waals surface area contributed by atoms with E-state index >= 15 is 0 Å². The molecule has 1 aliphatic heterocycles. The minimum Gasteiger partial charge on any atom is -0.472 e. The van der Waals surface area contributed by atoms with E-state index in [4.69, 9.17) is 9.47 Å². The Balaban J connectivity index is 1.81. The summed E-state index contributed by atoms with van der Waals surface area (Å²) in [5, 5.41) is 3.39. The van der Waals surface area contributed by atoms with Crippen LogP contribution in [0.5, 0.6) is 5.88 Å². The third-order valence-electron chi connectivity index (χ3n) is 4.51. The van der Waals surface area contributed by atoms with Crippen LogP contribution in [0.15, 0.2) is 36.7 Å². The number of ether oxygens (including phenoxy) is 2. The second kappa shape index (κ2) is 7.78. The van der Waals surface area contributed by atoms with Crippen LogP contribution in [-0.4, -0.2) is 35.8 Å². The maximum atomic E-state index is 13.3. The maximum Gasteiger partial charge on any atom is 0.257 e. The molecule has 3 rings (SSSR count). The summed E-state index contributed by atoms with van der Waals surface area (Å²) in [7, 11) is 0. The highest BCUT2D eigenvalue weighted by Gasteiger charge is 2.34. The van der Waals surface area contributed by atoms with E-state index in [1.807, 2.05) is 26.0 Å². The van der Waals surface area contributed by atoms with Gasteiger partial charge in [-0.1, -0.05) is 12.1 Å². The molecule has 0 aliphatic carbocycles. The van der Waals surface area contributed by atoms with Crippen molar-refractivity contribution < 1.29 is 13.9 Å². The molecule has 6 heteroatoms. The van der Waals surface area contributed by atoms with E-state index in [1.54, 1.807) is 12.4 Å². The van der Waals surface area contributed by atoms with Gasteiger partial charge < -0.3 is 14.8 Å². The molecule has 0 unspecified atom stereocenters. The van der Waals surface area contributed by atoms with Crippen molar-refractivity contribution >= 4 is 5.82 Å². The zero-order valence-corrected chi connectivity index (χ0v) is 14.7. The molecule has 2 heterocycles. The Morgan fingerprint density at radius 1 is 1.16 bits per heavy atom. The summed E-state index contributed by atoms with van der Waals surface area (Å²) in [6.07, 6.45) is 5.02. The molecule has 1 fully saturated rings. The molecule has 0 saturated carbocycles. The van der Waals surface area contributed by atoms with E-state index in [-0.39, 0.29) is 17.3 Å². The Bertz CT molecular complexity index is 685. The normalized spacial score (nSPS) is 16.6. The SMILES string of the molecule is CC(C)Oc1nccnc1NCC1(c2ccc(F)cc2)CCOCC1. The predicted molar refractivity (Wildman–Crippen MR) is 94.4 cm³/mol. The van der Waals surface area contributed by atoms with Crippen molar-refractivity contribution in [3.05, 3.63) is 48.0 Å². The summed E-state index contributed by atoms with van der Waals surface area (Å²) >= 11 is 0. The Kier molecular flexibility index (Phi) is 5.48. The van der Waals surface area contributed by atoms with Gasteiger partial charge in [-0.15, -0.1) is 0 Å². The van der Waals surface area contributed by atoms with Crippen molar-refractivity contribution in [3.8, 4) is 5.88 Å². The van der Waals surface area contributed by atoms with Gasteiger partial charge in [0, 0.05) is 37.6 Å². The summed E-state index contributed by atoms with van der Waals surface area (Å²) < 4.78 is 24.6. The fraction of sp³-hybridized carbons (Fsp3) is 0.474. The van der Waals surface area contributed by atoms with Crippen molar-refractivity contribution in [1.82, 2.24) is 9.97 Å². The molecule has 0 bridgehead atoms. The number of nitrogens with one attached hydrogen (secondary N) is 1. The highest BCUT2D eigenvalue weighted by Crippen LogP contribution is 2.35. The minimum absolute atomic E-state index is 0.0198. The van der Waals surface area contributed by atoms with Gasteiger partial charge in [0.15, 0.2) is 5.82 Å². The molecule has 2 aromatic rings. The third-order valence-corrected chi connectivity index (χ3v) is 4.51. The van der Waals surface area contributed by atoms with Gasteiger partial charge in [0.25, 0.3) is 5.88 Å². The number of hydrogen-bond acceptors (Lipinski definition) is 5. The van der Waals surface area contributed by atoms with Gasteiger partial charge in [-0.05, 0) is 44.4 Å². The van der Waals surface area contributed by atoms with Crippen molar-refractivity contribution in [2.24, 2.45) is 0 Å². The lowest BCUT2D eigenvalue weighted by atomic mass is 9.74. The highest BCUT2D eigenvalue weighted by atomic mass is 19.1. The van der Waals surface area contributed by atoms with Crippen LogP contribution in [0, 0.1) is 5.82 Å². The molecule has 1 N–H and O–H groups in total. The molecule has 0 atom stereocenters. The van der Waals surface area contributed by atoms with Crippen molar-refractivity contribution in [1.29, 1.82) is 0 Å². The average molecular weight is 345 g/mol. The van der Waals surface area contributed by atoms with E-state index < -0.39 is 0 Å². The van der Waals surface area contributed by atoms with Gasteiger partial charge in [0.05, 0.1) is 6.10 Å². The first kappa shape index (κ1) is 17.6. The monoisotopic (exact) mass is 345 g/mol. The number of rotatable bonds is 6. The van der Waals surface area contributed by atoms with Crippen LogP contribution in [0.2, 0.25) is 0 Å². The summed E-state index contributed by atoms with van der Waals surface area (Å²) in [4.78, 5) is 8.63. The molecule has 134 valence electrons. The lowest BCUT2D eigenvalue weighted by molar-refractivity contribution is 0.0543. The summed E-state index contributed by atoms with van der Waals surface area (Å²) in [6.45, 7) is 5.95. The fourth-order valence-corrected chi connectivity index (χ4v) is 3.14. The van der Waals surface area contributed by atoms with E-state index in [2.05, 4.69) is 15.3 Å². The van der Waals surface area contributed by atoms with E-state index in [0.717, 1.165) is 18.4 Å². The van der Waals surface area contributed by atoms with Crippen molar-refractivity contribution in [2.45, 2.75) is 38.2 Å². The molecule has 0 spiro atoms. The first-order valence-electron chi connectivity index (χ1n) is 8.64. The molecule has 5 nitrogen and oxygen atoms in total. The zero-order chi connectivity index (χ0) is 17.7. The number of hydrogen-bond donors (Lipinski definition) is 1. The lowest BCUT2D eigenvalue weighted by Crippen LogP contribution is -2.40. The third kappa shape index (κ3) is 4.25. The summed E-state index contributed by atoms with van der Waals surface area (Å²) in [5.41, 5.74) is 0.985. The van der Waals surface area contributed by atoms with Gasteiger partial charge in [0.1, 0.15) is 5.82 Å². The predicted octanol–water partition coefficient (Wildman–Crippen LogP) is 3.56.